The summed E-state index contributed by atoms with van der Waals surface area (Å²) in [4.78, 5) is 29.5. The van der Waals surface area contributed by atoms with Crippen LogP contribution in [0.5, 0.6) is 11.5 Å². The van der Waals surface area contributed by atoms with Crippen LogP contribution in [-0.2, 0) is 4.79 Å². The van der Waals surface area contributed by atoms with E-state index in [1.165, 1.54) is 26.0 Å². The number of hydrogen-bond acceptors (Lipinski definition) is 4. The van der Waals surface area contributed by atoms with E-state index in [0.29, 0.717) is 30.3 Å². The van der Waals surface area contributed by atoms with E-state index in [4.69, 9.17) is 4.74 Å². The van der Waals surface area contributed by atoms with E-state index in [1.807, 2.05) is 4.90 Å². The molecule has 6 heteroatoms. The van der Waals surface area contributed by atoms with Gasteiger partial charge in [-0.25, -0.2) is 0 Å². The van der Waals surface area contributed by atoms with E-state index in [9.17, 15) is 14.7 Å². The number of methoxy groups -OCH3 is 1. The molecule has 0 spiro atoms. The van der Waals surface area contributed by atoms with Crippen LogP contribution in [-0.4, -0.2) is 59.5 Å². The maximum atomic E-state index is 12.9. The lowest BCUT2D eigenvalue weighted by Crippen LogP contribution is -2.48. The Balaban J connectivity index is 1.54. The SMILES string of the molecule is COc1ccc(C(=O)N2C[C@H]3CC[C@@H](C2)N(CC2CC2)C3=O)cc1O. The van der Waals surface area contributed by atoms with Crippen LogP contribution in [0.4, 0.5) is 0 Å². The fraction of sp³-hybridized carbons (Fsp3) is 0.579. The van der Waals surface area contributed by atoms with Crippen molar-refractivity contribution in [1.82, 2.24) is 9.80 Å². The molecular formula is C19H24N2O4. The van der Waals surface area contributed by atoms with Crippen LogP contribution in [0.1, 0.15) is 36.0 Å². The highest BCUT2D eigenvalue weighted by Crippen LogP contribution is 2.36. The third kappa shape index (κ3) is 3.05. The largest absolute Gasteiger partial charge is 0.504 e. The summed E-state index contributed by atoms with van der Waals surface area (Å²) in [5.74, 6) is 0.960. The van der Waals surface area contributed by atoms with Gasteiger partial charge in [0.05, 0.1) is 13.0 Å². The van der Waals surface area contributed by atoms with Crippen LogP contribution >= 0.6 is 0 Å². The molecule has 4 fully saturated rings. The Morgan fingerprint density at radius 1 is 1.24 bits per heavy atom. The number of rotatable bonds is 4. The molecule has 134 valence electrons. The van der Waals surface area contributed by atoms with Crippen LogP contribution < -0.4 is 4.74 Å². The second kappa shape index (κ2) is 6.24. The molecule has 5 rings (SSSR count). The van der Waals surface area contributed by atoms with E-state index in [2.05, 4.69) is 0 Å². The Bertz CT molecular complexity index is 701. The summed E-state index contributed by atoms with van der Waals surface area (Å²) >= 11 is 0. The molecule has 2 atom stereocenters. The van der Waals surface area contributed by atoms with E-state index in [-0.39, 0.29) is 29.5 Å². The van der Waals surface area contributed by atoms with Crippen LogP contribution in [0.15, 0.2) is 18.2 Å². The monoisotopic (exact) mass is 344 g/mol. The van der Waals surface area contributed by atoms with E-state index in [1.54, 1.807) is 17.0 Å². The summed E-state index contributed by atoms with van der Waals surface area (Å²) < 4.78 is 5.03. The normalized spacial score (nSPS) is 25.9. The number of amides is 2. The molecule has 0 radical (unpaired) electrons. The lowest BCUT2D eigenvalue weighted by Gasteiger charge is -2.36. The molecule has 1 saturated carbocycles. The van der Waals surface area contributed by atoms with Gasteiger partial charge in [0.25, 0.3) is 5.91 Å². The topological polar surface area (TPSA) is 70.1 Å². The molecule has 2 bridgehead atoms. The van der Waals surface area contributed by atoms with Crippen molar-refractivity contribution in [3.63, 3.8) is 0 Å². The number of aromatic hydroxyl groups is 1. The number of phenolic OH excluding ortho intramolecular Hbond substituents is 1. The Labute approximate surface area is 147 Å². The van der Waals surface area contributed by atoms with Crippen molar-refractivity contribution in [2.24, 2.45) is 11.8 Å². The maximum Gasteiger partial charge on any atom is 0.254 e. The number of piperidine rings is 1. The average Bonchev–Trinajstić information content (AvgIpc) is 3.44. The van der Waals surface area contributed by atoms with Crippen LogP contribution in [0, 0.1) is 11.8 Å². The van der Waals surface area contributed by atoms with Gasteiger partial charge in [-0.3, -0.25) is 9.59 Å². The second-order valence-electron chi connectivity index (χ2n) is 7.46. The number of phenols is 1. The standard InChI is InChI=1S/C19H24N2O4/c1-25-17-7-5-13(8-16(17)22)18(23)20-10-14-4-6-15(11-20)21(19(14)24)9-12-2-3-12/h5,7-8,12,14-15,22H,2-4,6,9-11H2,1H3/t14-,15+/m1/s1. The van der Waals surface area contributed by atoms with Gasteiger partial charge >= 0.3 is 0 Å². The molecule has 4 aliphatic rings. The van der Waals surface area contributed by atoms with Gasteiger partial charge in [0, 0.05) is 31.2 Å². The summed E-state index contributed by atoms with van der Waals surface area (Å²) in [7, 11) is 1.48. The number of fused-ring (bicyclic) bond motifs is 4. The van der Waals surface area contributed by atoms with Crippen LogP contribution in [0.2, 0.25) is 0 Å². The van der Waals surface area contributed by atoms with Crippen molar-refractivity contribution in [2.75, 3.05) is 26.7 Å². The van der Waals surface area contributed by atoms with Gasteiger partial charge in [-0.2, -0.15) is 0 Å². The summed E-state index contributed by atoms with van der Waals surface area (Å²) in [6.07, 6.45) is 4.27. The number of hydrogen-bond donors (Lipinski definition) is 1. The van der Waals surface area contributed by atoms with Crippen molar-refractivity contribution in [3.05, 3.63) is 23.8 Å². The first kappa shape index (κ1) is 16.2. The number of ether oxygens (including phenoxy) is 1. The molecule has 6 nitrogen and oxygen atoms in total. The smallest absolute Gasteiger partial charge is 0.254 e. The van der Waals surface area contributed by atoms with Crippen molar-refractivity contribution in [2.45, 2.75) is 31.7 Å². The summed E-state index contributed by atoms with van der Waals surface area (Å²) in [5, 5.41) is 9.94. The quantitative estimate of drug-likeness (QED) is 0.905. The zero-order valence-electron chi connectivity index (χ0n) is 14.5. The lowest BCUT2D eigenvalue weighted by molar-refractivity contribution is -0.140. The molecule has 0 aromatic heterocycles. The van der Waals surface area contributed by atoms with Crippen molar-refractivity contribution in [1.29, 1.82) is 0 Å². The Hall–Kier alpha value is -2.24. The Morgan fingerprint density at radius 2 is 2.04 bits per heavy atom. The maximum absolute atomic E-state index is 12.9. The van der Waals surface area contributed by atoms with E-state index < -0.39 is 0 Å². The van der Waals surface area contributed by atoms with Gasteiger partial charge in [0.2, 0.25) is 5.91 Å². The minimum atomic E-state index is -0.129. The van der Waals surface area contributed by atoms with Gasteiger partial charge in [-0.15, -0.1) is 0 Å². The van der Waals surface area contributed by atoms with Gasteiger partial charge in [-0.1, -0.05) is 0 Å². The number of nitrogens with zero attached hydrogens (tertiary/aromatic N) is 2. The van der Waals surface area contributed by atoms with Crippen molar-refractivity contribution < 1.29 is 19.4 Å². The predicted octanol–water partition coefficient (Wildman–Crippen LogP) is 1.87. The van der Waals surface area contributed by atoms with Gasteiger partial charge in [0.15, 0.2) is 11.5 Å². The van der Waals surface area contributed by atoms with E-state index >= 15 is 0 Å². The van der Waals surface area contributed by atoms with Crippen LogP contribution in [0.25, 0.3) is 0 Å². The first-order valence-corrected chi connectivity index (χ1v) is 9.03. The van der Waals surface area contributed by atoms with E-state index in [0.717, 1.165) is 19.4 Å². The molecule has 25 heavy (non-hydrogen) atoms. The fourth-order valence-corrected chi connectivity index (χ4v) is 4.03. The summed E-state index contributed by atoms with van der Waals surface area (Å²) in [6, 6.07) is 4.83. The Morgan fingerprint density at radius 3 is 2.72 bits per heavy atom. The van der Waals surface area contributed by atoms with Gasteiger partial charge in [0.1, 0.15) is 0 Å². The molecular weight excluding hydrogens is 320 g/mol. The highest BCUT2D eigenvalue weighted by molar-refractivity contribution is 5.95. The molecule has 0 unspecified atom stereocenters. The number of carbonyl (C=O) groups is 2. The fourth-order valence-electron chi connectivity index (χ4n) is 4.03. The van der Waals surface area contributed by atoms with Gasteiger partial charge in [-0.05, 0) is 49.8 Å². The summed E-state index contributed by atoms with van der Waals surface area (Å²) in [5.41, 5.74) is 0.431. The predicted molar refractivity (Wildman–Crippen MR) is 91.5 cm³/mol. The van der Waals surface area contributed by atoms with Crippen molar-refractivity contribution >= 4 is 11.8 Å². The highest BCUT2D eigenvalue weighted by Gasteiger charge is 2.43. The molecule has 2 amide bonds. The lowest BCUT2D eigenvalue weighted by atomic mass is 9.94. The summed E-state index contributed by atoms with van der Waals surface area (Å²) in [6.45, 7) is 1.91. The minimum Gasteiger partial charge on any atom is -0.504 e. The molecule has 1 N–H and O–H groups in total. The molecule has 3 aliphatic heterocycles. The average molecular weight is 344 g/mol. The van der Waals surface area contributed by atoms with Crippen LogP contribution in [0.3, 0.4) is 0 Å². The third-order valence-electron chi connectivity index (χ3n) is 5.66. The Kier molecular flexibility index (Phi) is 4.06. The molecule has 1 aliphatic carbocycles. The number of benzene rings is 1. The first-order valence-electron chi connectivity index (χ1n) is 9.03. The van der Waals surface area contributed by atoms with Gasteiger partial charge < -0.3 is 19.6 Å². The zero-order valence-corrected chi connectivity index (χ0v) is 14.5. The highest BCUT2D eigenvalue weighted by atomic mass is 16.5. The first-order chi connectivity index (χ1) is 12.1. The third-order valence-corrected chi connectivity index (χ3v) is 5.66. The number of carbonyl (C=O) groups excluding carboxylic acids is 2. The minimum absolute atomic E-state index is 0.0439. The molecule has 3 saturated heterocycles. The van der Waals surface area contributed by atoms with Crippen molar-refractivity contribution in [3.8, 4) is 11.5 Å². The zero-order chi connectivity index (χ0) is 17.6. The molecule has 3 heterocycles. The molecule has 1 aromatic rings. The second-order valence-corrected chi connectivity index (χ2v) is 7.46. The molecule has 1 aromatic carbocycles.